The first-order valence-electron chi connectivity index (χ1n) is 5.30. The SMILES string of the molecule is CCN1CC(N)Cc2cc(C)ccc21. The fourth-order valence-electron chi connectivity index (χ4n) is 2.21. The molecule has 1 unspecified atom stereocenters. The van der Waals surface area contributed by atoms with Crippen LogP contribution in [0, 0.1) is 6.92 Å². The summed E-state index contributed by atoms with van der Waals surface area (Å²) in [6, 6.07) is 6.96. The molecule has 0 fully saturated rings. The lowest BCUT2D eigenvalue weighted by atomic mass is 9.97. The van der Waals surface area contributed by atoms with Gasteiger partial charge in [0.1, 0.15) is 0 Å². The van der Waals surface area contributed by atoms with Crippen LogP contribution in [0.1, 0.15) is 18.1 Å². The molecule has 1 aromatic carbocycles. The number of nitrogens with two attached hydrogens (primary N) is 1. The number of anilines is 1. The summed E-state index contributed by atoms with van der Waals surface area (Å²) < 4.78 is 0. The van der Waals surface area contributed by atoms with Crippen LogP contribution < -0.4 is 10.6 Å². The van der Waals surface area contributed by atoms with Gasteiger partial charge in [0.2, 0.25) is 0 Å². The highest BCUT2D eigenvalue weighted by Crippen LogP contribution is 2.27. The van der Waals surface area contributed by atoms with E-state index in [0.717, 1.165) is 19.5 Å². The van der Waals surface area contributed by atoms with E-state index < -0.39 is 0 Å². The molecule has 2 nitrogen and oxygen atoms in total. The van der Waals surface area contributed by atoms with Gasteiger partial charge in [-0.2, -0.15) is 0 Å². The molecular weight excluding hydrogens is 172 g/mol. The van der Waals surface area contributed by atoms with Gasteiger partial charge < -0.3 is 10.6 Å². The van der Waals surface area contributed by atoms with Gasteiger partial charge in [-0.1, -0.05) is 17.7 Å². The van der Waals surface area contributed by atoms with Crippen molar-refractivity contribution in [1.29, 1.82) is 0 Å². The molecule has 0 spiro atoms. The average molecular weight is 190 g/mol. The zero-order chi connectivity index (χ0) is 10.1. The van der Waals surface area contributed by atoms with E-state index in [1.165, 1.54) is 16.8 Å². The lowest BCUT2D eigenvalue weighted by Gasteiger charge is -2.34. The Morgan fingerprint density at radius 3 is 3.00 bits per heavy atom. The predicted molar refractivity (Wildman–Crippen MR) is 60.7 cm³/mol. The second-order valence-corrected chi connectivity index (χ2v) is 4.14. The van der Waals surface area contributed by atoms with E-state index in [9.17, 15) is 0 Å². The second kappa shape index (κ2) is 3.62. The van der Waals surface area contributed by atoms with Crippen molar-refractivity contribution in [2.75, 3.05) is 18.0 Å². The molecule has 2 N–H and O–H groups in total. The molecule has 14 heavy (non-hydrogen) atoms. The van der Waals surface area contributed by atoms with Gasteiger partial charge in [-0.3, -0.25) is 0 Å². The van der Waals surface area contributed by atoms with E-state index in [0.29, 0.717) is 6.04 Å². The van der Waals surface area contributed by atoms with E-state index in [4.69, 9.17) is 5.73 Å². The fraction of sp³-hybridized carbons (Fsp3) is 0.500. The third-order valence-corrected chi connectivity index (χ3v) is 2.89. The van der Waals surface area contributed by atoms with Crippen molar-refractivity contribution in [2.24, 2.45) is 5.73 Å². The first-order chi connectivity index (χ1) is 6.70. The van der Waals surface area contributed by atoms with Gasteiger partial charge in [0.05, 0.1) is 0 Å². The molecule has 0 saturated carbocycles. The third-order valence-electron chi connectivity index (χ3n) is 2.89. The summed E-state index contributed by atoms with van der Waals surface area (Å²) in [6.07, 6.45) is 1.02. The zero-order valence-electron chi connectivity index (χ0n) is 8.96. The maximum atomic E-state index is 6.02. The van der Waals surface area contributed by atoms with E-state index in [1.54, 1.807) is 0 Å². The highest BCUT2D eigenvalue weighted by Gasteiger charge is 2.20. The largest absolute Gasteiger partial charge is 0.370 e. The molecule has 1 aliphatic heterocycles. The quantitative estimate of drug-likeness (QED) is 0.730. The average Bonchev–Trinajstić information content (AvgIpc) is 2.15. The monoisotopic (exact) mass is 190 g/mol. The van der Waals surface area contributed by atoms with Crippen molar-refractivity contribution >= 4 is 5.69 Å². The molecule has 2 rings (SSSR count). The van der Waals surface area contributed by atoms with Crippen LogP contribution in [0.4, 0.5) is 5.69 Å². The number of hydrogen-bond acceptors (Lipinski definition) is 2. The third kappa shape index (κ3) is 1.62. The summed E-state index contributed by atoms with van der Waals surface area (Å²) in [4.78, 5) is 2.36. The maximum absolute atomic E-state index is 6.02. The predicted octanol–water partition coefficient (Wildman–Crippen LogP) is 1.70. The molecule has 0 radical (unpaired) electrons. The number of fused-ring (bicyclic) bond motifs is 1. The van der Waals surface area contributed by atoms with Crippen molar-refractivity contribution < 1.29 is 0 Å². The first-order valence-corrected chi connectivity index (χ1v) is 5.30. The standard InChI is InChI=1S/C12H18N2/c1-3-14-8-11(13)7-10-6-9(2)4-5-12(10)14/h4-6,11H,3,7-8,13H2,1-2H3. The molecule has 1 heterocycles. The molecule has 0 saturated heterocycles. The number of likely N-dealkylation sites (N-methyl/N-ethyl adjacent to an activating group) is 1. The second-order valence-electron chi connectivity index (χ2n) is 4.14. The van der Waals surface area contributed by atoms with Gasteiger partial charge >= 0.3 is 0 Å². The summed E-state index contributed by atoms with van der Waals surface area (Å²) >= 11 is 0. The Morgan fingerprint density at radius 2 is 2.29 bits per heavy atom. The van der Waals surface area contributed by atoms with Crippen LogP contribution in [0.3, 0.4) is 0 Å². The van der Waals surface area contributed by atoms with Gasteiger partial charge in [-0.15, -0.1) is 0 Å². The maximum Gasteiger partial charge on any atom is 0.0400 e. The molecule has 1 atom stereocenters. The fourth-order valence-corrected chi connectivity index (χ4v) is 2.21. The minimum Gasteiger partial charge on any atom is -0.370 e. The molecule has 0 aliphatic carbocycles. The molecule has 76 valence electrons. The summed E-state index contributed by atoms with van der Waals surface area (Å²) in [6.45, 7) is 6.36. The van der Waals surface area contributed by atoms with Gasteiger partial charge in [-0.05, 0) is 31.9 Å². The van der Waals surface area contributed by atoms with Crippen LogP contribution in [0.15, 0.2) is 18.2 Å². The van der Waals surface area contributed by atoms with Gasteiger partial charge in [-0.25, -0.2) is 0 Å². The number of hydrogen-bond donors (Lipinski definition) is 1. The lowest BCUT2D eigenvalue weighted by Crippen LogP contribution is -2.43. The van der Waals surface area contributed by atoms with Crippen molar-refractivity contribution in [3.63, 3.8) is 0 Å². The topological polar surface area (TPSA) is 29.3 Å². The summed E-state index contributed by atoms with van der Waals surface area (Å²) in [7, 11) is 0. The van der Waals surface area contributed by atoms with Crippen molar-refractivity contribution in [1.82, 2.24) is 0 Å². The van der Waals surface area contributed by atoms with E-state index in [1.807, 2.05) is 0 Å². The van der Waals surface area contributed by atoms with Gasteiger partial charge in [0.15, 0.2) is 0 Å². The van der Waals surface area contributed by atoms with Crippen molar-refractivity contribution in [3.05, 3.63) is 29.3 Å². The Labute approximate surface area is 85.7 Å². The van der Waals surface area contributed by atoms with Gasteiger partial charge in [0.25, 0.3) is 0 Å². The van der Waals surface area contributed by atoms with E-state index in [2.05, 4.69) is 36.9 Å². The summed E-state index contributed by atoms with van der Waals surface area (Å²) in [5.74, 6) is 0. The number of benzene rings is 1. The minimum absolute atomic E-state index is 0.296. The number of rotatable bonds is 1. The minimum atomic E-state index is 0.296. The van der Waals surface area contributed by atoms with Crippen LogP contribution >= 0.6 is 0 Å². The van der Waals surface area contributed by atoms with Crippen LogP contribution in [0.25, 0.3) is 0 Å². The number of nitrogens with zero attached hydrogens (tertiary/aromatic N) is 1. The Morgan fingerprint density at radius 1 is 1.50 bits per heavy atom. The van der Waals surface area contributed by atoms with E-state index >= 15 is 0 Å². The molecule has 1 aliphatic rings. The molecule has 0 bridgehead atoms. The Bertz CT molecular complexity index is 333. The Hall–Kier alpha value is -1.02. The molecule has 2 heteroatoms. The van der Waals surface area contributed by atoms with Crippen molar-refractivity contribution in [3.8, 4) is 0 Å². The Kier molecular flexibility index (Phi) is 2.46. The van der Waals surface area contributed by atoms with Crippen molar-refractivity contribution in [2.45, 2.75) is 26.3 Å². The highest BCUT2D eigenvalue weighted by atomic mass is 15.1. The summed E-state index contributed by atoms with van der Waals surface area (Å²) in [5.41, 5.74) is 10.1. The molecule has 1 aromatic rings. The van der Waals surface area contributed by atoms with E-state index in [-0.39, 0.29) is 0 Å². The van der Waals surface area contributed by atoms with Crippen LogP contribution in [-0.2, 0) is 6.42 Å². The first kappa shape index (κ1) is 9.53. The highest BCUT2D eigenvalue weighted by molar-refractivity contribution is 5.57. The van der Waals surface area contributed by atoms with Crippen LogP contribution in [-0.4, -0.2) is 19.1 Å². The van der Waals surface area contributed by atoms with Gasteiger partial charge in [0, 0.05) is 24.8 Å². The molecule has 0 aromatic heterocycles. The zero-order valence-corrected chi connectivity index (χ0v) is 8.96. The summed E-state index contributed by atoms with van der Waals surface area (Å²) in [5, 5.41) is 0. The van der Waals surface area contributed by atoms with Crippen LogP contribution in [0.2, 0.25) is 0 Å². The Balaban J connectivity index is 2.40. The lowest BCUT2D eigenvalue weighted by molar-refractivity contribution is 0.608. The smallest absolute Gasteiger partial charge is 0.0400 e. The normalized spacial score (nSPS) is 20.8. The molecule has 0 amide bonds. The van der Waals surface area contributed by atoms with Crippen LogP contribution in [0.5, 0.6) is 0 Å². The number of aryl methyl sites for hydroxylation is 1. The molecular formula is C12H18N2.